The Morgan fingerprint density at radius 1 is 1.65 bits per heavy atom. The Labute approximate surface area is 125 Å². The first kappa shape index (κ1) is 15.0. The Bertz CT molecular complexity index is 541. The highest BCUT2D eigenvalue weighted by Crippen LogP contribution is 2.22. The van der Waals surface area contributed by atoms with E-state index >= 15 is 0 Å². The number of hydrogen-bond acceptors (Lipinski definition) is 6. The third-order valence-electron chi connectivity index (χ3n) is 2.38. The zero-order chi connectivity index (χ0) is 14.4. The van der Waals surface area contributed by atoms with Gasteiger partial charge in [-0.05, 0) is 18.4 Å². The van der Waals surface area contributed by atoms with E-state index in [0.29, 0.717) is 11.8 Å². The summed E-state index contributed by atoms with van der Waals surface area (Å²) < 4.78 is 4.96. The van der Waals surface area contributed by atoms with Crippen LogP contribution in [0.2, 0.25) is 0 Å². The van der Waals surface area contributed by atoms with Crippen molar-refractivity contribution in [2.24, 2.45) is 0 Å². The molecule has 0 saturated heterocycles. The van der Waals surface area contributed by atoms with Gasteiger partial charge in [0.05, 0.1) is 17.2 Å². The van der Waals surface area contributed by atoms with Gasteiger partial charge in [-0.3, -0.25) is 9.89 Å². The van der Waals surface area contributed by atoms with Crippen LogP contribution in [0.5, 0.6) is 0 Å². The minimum absolute atomic E-state index is 0.00178. The van der Waals surface area contributed by atoms with E-state index in [1.807, 2.05) is 24.4 Å². The maximum Gasteiger partial charge on any atom is 0.230 e. The van der Waals surface area contributed by atoms with Crippen LogP contribution in [0.25, 0.3) is 10.7 Å². The lowest BCUT2D eigenvalue weighted by molar-refractivity contribution is -0.119. The van der Waals surface area contributed by atoms with E-state index < -0.39 is 0 Å². The lowest BCUT2D eigenvalue weighted by atomic mass is 10.3. The Morgan fingerprint density at radius 3 is 3.20 bits per heavy atom. The summed E-state index contributed by atoms with van der Waals surface area (Å²) in [5, 5.41) is 12.3. The van der Waals surface area contributed by atoms with Crippen molar-refractivity contribution in [3.8, 4) is 10.7 Å². The second-order valence-corrected chi connectivity index (χ2v) is 6.05. The summed E-state index contributed by atoms with van der Waals surface area (Å²) in [4.78, 5) is 17.1. The second-order valence-electron chi connectivity index (χ2n) is 4.16. The number of carbonyl (C=O) groups excluding carboxylic acids is 1. The first-order valence-electron chi connectivity index (χ1n) is 6.06. The largest absolute Gasteiger partial charge is 0.383 e. The number of aromatic nitrogens is 3. The molecule has 0 saturated carbocycles. The van der Waals surface area contributed by atoms with Crippen LogP contribution in [0.4, 0.5) is 0 Å². The van der Waals surface area contributed by atoms with Crippen LogP contribution in [0.15, 0.2) is 22.7 Å². The van der Waals surface area contributed by atoms with Crippen molar-refractivity contribution < 1.29 is 9.53 Å². The summed E-state index contributed by atoms with van der Waals surface area (Å²) in [7, 11) is 1.61. The SMILES string of the molecule is COC[C@H](C)NC(=O)CSc1n[nH]c(-c2cccs2)n1. The van der Waals surface area contributed by atoms with Crippen LogP contribution < -0.4 is 5.32 Å². The van der Waals surface area contributed by atoms with Crippen molar-refractivity contribution in [2.75, 3.05) is 19.5 Å². The van der Waals surface area contributed by atoms with Crippen LogP contribution in [-0.2, 0) is 9.53 Å². The van der Waals surface area contributed by atoms with Gasteiger partial charge in [0.25, 0.3) is 0 Å². The fraction of sp³-hybridized carbons (Fsp3) is 0.417. The summed E-state index contributed by atoms with van der Waals surface area (Å²) in [6, 6.07) is 3.93. The van der Waals surface area contributed by atoms with Gasteiger partial charge < -0.3 is 10.1 Å². The van der Waals surface area contributed by atoms with Gasteiger partial charge in [0.15, 0.2) is 5.82 Å². The molecule has 2 rings (SSSR count). The molecule has 0 spiro atoms. The van der Waals surface area contributed by atoms with E-state index in [1.165, 1.54) is 11.8 Å². The topological polar surface area (TPSA) is 79.9 Å². The van der Waals surface area contributed by atoms with Crippen molar-refractivity contribution in [1.29, 1.82) is 0 Å². The molecule has 1 atom stereocenters. The molecule has 0 radical (unpaired) electrons. The number of amides is 1. The van der Waals surface area contributed by atoms with Crippen LogP contribution in [0.1, 0.15) is 6.92 Å². The molecule has 0 fully saturated rings. The number of thiophene rings is 1. The molecule has 0 unspecified atom stereocenters. The van der Waals surface area contributed by atoms with Gasteiger partial charge in [-0.2, -0.15) is 0 Å². The van der Waals surface area contributed by atoms with Gasteiger partial charge in [-0.1, -0.05) is 17.8 Å². The lowest BCUT2D eigenvalue weighted by Gasteiger charge is -2.11. The second kappa shape index (κ2) is 7.41. The quantitative estimate of drug-likeness (QED) is 0.762. The summed E-state index contributed by atoms with van der Waals surface area (Å²) in [5.41, 5.74) is 0. The Morgan fingerprint density at radius 2 is 2.50 bits per heavy atom. The number of methoxy groups -OCH3 is 1. The van der Waals surface area contributed by atoms with Crippen LogP contribution in [-0.4, -0.2) is 46.6 Å². The van der Waals surface area contributed by atoms with Crippen LogP contribution in [0, 0.1) is 0 Å². The minimum Gasteiger partial charge on any atom is -0.383 e. The van der Waals surface area contributed by atoms with Crippen LogP contribution in [0.3, 0.4) is 0 Å². The fourth-order valence-electron chi connectivity index (χ4n) is 1.57. The molecule has 6 nitrogen and oxygen atoms in total. The summed E-state index contributed by atoms with van der Waals surface area (Å²) in [6.45, 7) is 2.40. The molecule has 2 N–H and O–H groups in total. The van der Waals surface area contributed by atoms with Crippen LogP contribution >= 0.6 is 23.1 Å². The third kappa shape index (κ3) is 4.32. The van der Waals surface area contributed by atoms with Gasteiger partial charge in [-0.15, -0.1) is 16.4 Å². The standard InChI is InChI=1S/C12H16N4O2S2/c1-8(6-18-2)13-10(17)7-20-12-14-11(15-16-12)9-4-3-5-19-9/h3-5,8H,6-7H2,1-2H3,(H,13,17)(H,14,15,16)/t8-/m0/s1. The Hall–Kier alpha value is -1.38. The molecular weight excluding hydrogens is 296 g/mol. The molecule has 0 aromatic carbocycles. The number of nitrogens with zero attached hydrogens (tertiary/aromatic N) is 2. The molecule has 2 heterocycles. The number of hydrogen-bond donors (Lipinski definition) is 2. The van der Waals surface area contributed by atoms with Crippen molar-refractivity contribution in [3.63, 3.8) is 0 Å². The van der Waals surface area contributed by atoms with Crippen molar-refractivity contribution in [2.45, 2.75) is 18.1 Å². The molecule has 8 heteroatoms. The van der Waals surface area contributed by atoms with E-state index in [2.05, 4.69) is 20.5 Å². The third-order valence-corrected chi connectivity index (χ3v) is 4.10. The van der Waals surface area contributed by atoms with Gasteiger partial charge in [-0.25, -0.2) is 4.98 Å². The minimum atomic E-state index is -0.0537. The zero-order valence-electron chi connectivity index (χ0n) is 11.3. The van der Waals surface area contributed by atoms with Gasteiger partial charge in [0, 0.05) is 13.2 Å². The van der Waals surface area contributed by atoms with E-state index in [9.17, 15) is 4.79 Å². The molecule has 2 aromatic heterocycles. The summed E-state index contributed by atoms with van der Waals surface area (Å²) in [6.07, 6.45) is 0. The van der Waals surface area contributed by atoms with E-state index in [-0.39, 0.29) is 17.7 Å². The van der Waals surface area contributed by atoms with Crippen molar-refractivity contribution >= 4 is 29.0 Å². The average molecular weight is 312 g/mol. The number of rotatable bonds is 7. The number of H-pyrrole nitrogens is 1. The normalized spacial score (nSPS) is 12.3. The highest BCUT2D eigenvalue weighted by atomic mass is 32.2. The summed E-state index contributed by atoms with van der Waals surface area (Å²) in [5.74, 6) is 0.966. The molecule has 0 aliphatic heterocycles. The Balaban J connectivity index is 1.81. The number of carbonyl (C=O) groups is 1. The van der Waals surface area contributed by atoms with E-state index in [0.717, 1.165) is 10.7 Å². The molecule has 20 heavy (non-hydrogen) atoms. The number of thioether (sulfide) groups is 1. The van der Waals surface area contributed by atoms with E-state index in [1.54, 1.807) is 18.4 Å². The van der Waals surface area contributed by atoms with Crippen molar-refractivity contribution in [3.05, 3.63) is 17.5 Å². The highest BCUT2D eigenvalue weighted by molar-refractivity contribution is 7.99. The zero-order valence-corrected chi connectivity index (χ0v) is 12.9. The molecule has 0 aliphatic rings. The smallest absolute Gasteiger partial charge is 0.230 e. The highest BCUT2D eigenvalue weighted by Gasteiger charge is 2.11. The maximum absolute atomic E-state index is 11.7. The molecule has 1 amide bonds. The lowest BCUT2D eigenvalue weighted by Crippen LogP contribution is -2.36. The predicted octanol–water partition coefficient (Wildman–Crippen LogP) is 1.78. The van der Waals surface area contributed by atoms with Crippen molar-refractivity contribution in [1.82, 2.24) is 20.5 Å². The molecular formula is C12H16N4O2S2. The Kier molecular flexibility index (Phi) is 5.57. The average Bonchev–Trinajstić information content (AvgIpc) is 3.07. The first-order chi connectivity index (χ1) is 9.69. The van der Waals surface area contributed by atoms with Gasteiger partial charge >= 0.3 is 0 Å². The first-order valence-corrected chi connectivity index (χ1v) is 7.93. The van der Waals surface area contributed by atoms with Gasteiger partial charge in [0.1, 0.15) is 0 Å². The predicted molar refractivity (Wildman–Crippen MR) is 79.9 cm³/mol. The monoisotopic (exact) mass is 312 g/mol. The number of ether oxygens (including phenoxy) is 1. The molecule has 0 aliphatic carbocycles. The maximum atomic E-state index is 11.7. The fourth-order valence-corrected chi connectivity index (χ4v) is 2.85. The number of aromatic amines is 1. The molecule has 2 aromatic rings. The van der Waals surface area contributed by atoms with Gasteiger partial charge in [0.2, 0.25) is 11.1 Å². The molecule has 108 valence electrons. The number of nitrogens with one attached hydrogen (secondary N) is 2. The molecule has 0 bridgehead atoms. The van der Waals surface area contributed by atoms with E-state index in [4.69, 9.17) is 4.74 Å². The summed E-state index contributed by atoms with van der Waals surface area (Å²) >= 11 is 2.90.